The Balaban J connectivity index is 1.87. The average Bonchev–Trinajstić information content (AvgIpc) is 2.84. The third-order valence-electron chi connectivity index (χ3n) is 3.06. The first-order chi connectivity index (χ1) is 8.66. The van der Waals surface area contributed by atoms with Gasteiger partial charge in [0, 0.05) is 41.1 Å². The lowest BCUT2D eigenvalue weighted by Gasteiger charge is -2.11. The van der Waals surface area contributed by atoms with Crippen LogP contribution >= 0.6 is 22.6 Å². The number of non-ortho nitro benzene ring substituents is 1. The van der Waals surface area contributed by atoms with E-state index in [2.05, 4.69) is 27.9 Å². The van der Waals surface area contributed by atoms with Crippen LogP contribution in [0.15, 0.2) is 18.2 Å². The zero-order chi connectivity index (χ0) is 13.0. The number of hydrogen-bond acceptors (Lipinski definition) is 4. The number of nitro benzene ring substituents is 1. The molecule has 1 heterocycles. The molecule has 0 amide bonds. The topological polar surface area (TPSA) is 64.4 Å². The number of hydrogen-bond donors (Lipinski definition) is 1. The van der Waals surface area contributed by atoms with Crippen molar-refractivity contribution >= 4 is 34.0 Å². The third-order valence-corrected chi connectivity index (χ3v) is 3.95. The lowest BCUT2D eigenvalue weighted by molar-refractivity contribution is -0.384. The van der Waals surface area contributed by atoms with Gasteiger partial charge in [0.2, 0.25) is 0 Å². The fraction of sp³-hybridized carbons (Fsp3) is 0.500. The number of benzene rings is 1. The summed E-state index contributed by atoms with van der Waals surface area (Å²) in [5.41, 5.74) is 1.09. The highest BCUT2D eigenvalue weighted by Gasteiger charge is 2.15. The average molecular weight is 362 g/mol. The maximum absolute atomic E-state index is 10.6. The molecule has 1 fully saturated rings. The molecular formula is C12H15IN2O3. The first kappa shape index (κ1) is 13.5. The number of nitro groups is 1. The summed E-state index contributed by atoms with van der Waals surface area (Å²) in [6.45, 7) is 2.61. The minimum atomic E-state index is -0.373. The van der Waals surface area contributed by atoms with Crippen LogP contribution in [0, 0.1) is 19.6 Å². The summed E-state index contributed by atoms with van der Waals surface area (Å²) < 4.78 is 6.20. The standard InChI is InChI=1S/C12H15IN2O3/c13-11-7-10(15(16)17)1-2-12(11)14-5-3-9-4-6-18-8-9/h1-2,7,9,14H,3-6,8H2. The van der Waals surface area contributed by atoms with Crippen molar-refractivity contribution in [1.82, 2.24) is 0 Å². The van der Waals surface area contributed by atoms with E-state index < -0.39 is 0 Å². The molecule has 0 bridgehead atoms. The van der Waals surface area contributed by atoms with Crippen molar-refractivity contribution in [1.29, 1.82) is 0 Å². The van der Waals surface area contributed by atoms with E-state index in [9.17, 15) is 10.1 Å². The third kappa shape index (κ3) is 3.55. The van der Waals surface area contributed by atoms with Gasteiger partial charge in [-0.05, 0) is 47.4 Å². The van der Waals surface area contributed by atoms with Gasteiger partial charge in [0.05, 0.1) is 4.92 Å². The van der Waals surface area contributed by atoms with Gasteiger partial charge < -0.3 is 10.1 Å². The molecule has 0 aromatic heterocycles. The van der Waals surface area contributed by atoms with Crippen LogP contribution in [0.4, 0.5) is 11.4 Å². The van der Waals surface area contributed by atoms with Crippen molar-refractivity contribution < 1.29 is 9.66 Å². The largest absolute Gasteiger partial charge is 0.384 e. The Hall–Kier alpha value is -0.890. The van der Waals surface area contributed by atoms with E-state index >= 15 is 0 Å². The molecule has 18 heavy (non-hydrogen) atoms. The van der Waals surface area contributed by atoms with Crippen LogP contribution < -0.4 is 5.32 Å². The molecule has 1 unspecified atom stereocenters. The van der Waals surface area contributed by atoms with Crippen LogP contribution in [0.1, 0.15) is 12.8 Å². The fourth-order valence-electron chi connectivity index (χ4n) is 1.98. The van der Waals surface area contributed by atoms with E-state index in [-0.39, 0.29) is 10.6 Å². The molecule has 0 aliphatic carbocycles. The lowest BCUT2D eigenvalue weighted by Crippen LogP contribution is -2.09. The lowest BCUT2D eigenvalue weighted by atomic mass is 10.1. The normalized spacial score (nSPS) is 18.8. The highest BCUT2D eigenvalue weighted by atomic mass is 127. The molecule has 0 spiro atoms. The van der Waals surface area contributed by atoms with Gasteiger partial charge in [-0.15, -0.1) is 0 Å². The van der Waals surface area contributed by atoms with Crippen molar-refractivity contribution in [3.63, 3.8) is 0 Å². The summed E-state index contributed by atoms with van der Waals surface area (Å²) in [5.74, 6) is 0.646. The summed E-state index contributed by atoms with van der Waals surface area (Å²) in [6, 6.07) is 4.88. The Labute approximate surface area is 119 Å². The van der Waals surface area contributed by atoms with Gasteiger partial charge in [0.1, 0.15) is 0 Å². The summed E-state index contributed by atoms with van der Waals surface area (Å²) in [6.07, 6.45) is 2.21. The highest BCUT2D eigenvalue weighted by Crippen LogP contribution is 2.24. The SMILES string of the molecule is O=[N+]([O-])c1ccc(NCCC2CCOC2)c(I)c1. The summed E-state index contributed by atoms with van der Waals surface area (Å²) in [7, 11) is 0. The van der Waals surface area contributed by atoms with Gasteiger partial charge in [-0.2, -0.15) is 0 Å². The van der Waals surface area contributed by atoms with Gasteiger partial charge in [-0.25, -0.2) is 0 Å². The molecule has 98 valence electrons. The van der Waals surface area contributed by atoms with Crippen molar-refractivity contribution in [3.05, 3.63) is 31.9 Å². The van der Waals surface area contributed by atoms with Crippen molar-refractivity contribution in [2.75, 3.05) is 25.1 Å². The van der Waals surface area contributed by atoms with E-state index in [0.717, 1.165) is 41.9 Å². The quantitative estimate of drug-likeness (QED) is 0.497. The molecular weight excluding hydrogens is 347 g/mol. The molecule has 1 aromatic rings. The monoisotopic (exact) mass is 362 g/mol. The van der Waals surface area contributed by atoms with Crippen LogP contribution in [0.3, 0.4) is 0 Å². The summed E-state index contributed by atoms with van der Waals surface area (Å²) >= 11 is 2.12. The second-order valence-electron chi connectivity index (χ2n) is 4.37. The first-order valence-electron chi connectivity index (χ1n) is 5.92. The molecule has 0 radical (unpaired) electrons. The smallest absolute Gasteiger partial charge is 0.270 e. The van der Waals surface area contributed by atoms with Crippen molar-refractivity contribution in [2.45, 2.75) is 12.8 Å². The Bertz CT molecular complexity index is 433. The molecule has 1 saturated heterocycles. The van der Waals surface area contributed by atoms with Crippen LogP contribution in [0.25, 0.3) is 0 Å². The van der Waals surface area contributed by atoms with E-state index in [1.807, 2.05) is 0 Å². The van der Waals surface area contributed by atoms with Gasteiger partial charge >= 0.3 is 0 Å². The van der Waals surface area contributed by atoms with E-state index in [0.29, 0.717) is 5.92 Å². The minimum absolute atomic E-state index is 0.133. The Morgan fingerprint density at radius 1 is 1.56 bits per heavy atom. The Morgan fingerprint density at radius 2 is 2.39 bits per heavy atom. The zero-order valence-electron chi connectivity index (χ0n) is 9.89. The summed E-state index contributed by atoms with van der Waals surface area (Å²) in [4.78, 5) is 10.2. The van der Waals surface area contributed by atoms with E-state index in [4.69, 9.17) is 4.74 Å². The van der Waals surface area contributed by atoms with Crippen molar-refractivity contribution in [2.24, 2.45) is 5.92 Å². The van der Waals surface area contributed by atoms with Crippen LogP contribution in [-0.4, -0.2) is 24.7 Å². The van der Waals surface area contributed by atoms with Crippen LogP contribution in [-0.2, 0) is 4.74 Å². The van der Waals surface area contributed by atoms with Gasteiger partial charge in [0.25, 0.3) is 5.69 Å². The number of rotatable bonds is 5. The number of ether oxygens (including phenoxy) is 1. The fourth-order valence-corrected chi connectivity index (χ4v) is 2.67. The second kappa shape index (κ2) is 6.33. The molecule has 0 saturated carbocycles. The van der Waals surface area contributed by atoms with Crippen molar-refractivity contribution in [3.8, 4) is 0 Å². The molecule has 1 aliphatic heterocycles. The Kier molecular flexibility index (Phi) is 4.76. The van der Waals surface area contributed by atoms with E-state index in [1.54, 1.807) is 12.1 Å². The number of anilines is 1. The summed E-state index contributed by atoms with van der Waals surface area (Å²) in [5, 5.41) is 13.9. The molecule has 6 heteroatoms. The zero-order valence-corrected chi connectivity index (χ0v) is 12.1. The molecule has 2 rings (SSSR count). The number of halogens is 1. The van der Waals surface area contributed by atoms with Crippen LogP contribution in [0.2, 0.25) is 0 Å². The maximum Gasteiger partial charge on any atom is 0.270 e. The molecule has 1 N–H and O–H groups in total. The number of nitrogens with zero attached hydrogens (tertiary/aromatic N) is 1. The molecule has 5 nitrogen and oxygen atoms in total. The van der Waals surface area contributed by atoms with Gasteiger partial charge in [-0.3, -0.25) is 10.1 Å². The number of nitrogens with one attached hydrogen (secondary N) is 1. The predicted molar refractivity (Wildman–Crippen MR) is 77.8 cm³/mol. The molecule has 1 aromatic carbocycles. The second-order valence-corrected chi connectivity index (χ2v) is 5.53. The molecule has 1 atom stereocenters. The first-order valence-corrected chi connectivity index (χ1v) is 7.00. The molecule has 1 aliphatic rings. The maximum atomic E-state index is 10.6. The van der Waals surface area contributed by atoms with Gasteiger partial charge in [-0.1, -0.05) is 0 Å². The van der Waals surface area contributed by atoms with Crippen LogP contribution in [0.5, 0.6) is 0 Å². The van der Waals surface area contributed by atoms with Gasteiger partial charge in [0.15, 0.2) is 0 Å². The minimum Gasteiger partial charge on any atom is -0.384 e. The highest BCUT2D eigenvalue weighted by molar-refractivity contribution is 14.1. The predicted octanol–water partition coefficient (Wildman–Crippen LogP) is 3.04. The Morgan fingerprint density at radius 3 is 3.00 bits per heavy atom. The van der Waals surface area contributed by atoms with E-state index in [1.165, 1.54) is 6.07 Å².